The van der Waals surface area contributed by atoms with Gasteiger partial charge in [-0.25, -0.2) is 4.98 Å². The minimum atomic E-state index is -0.276. The Hall–Kier alpha value is -3.06. The van der Waals surface area contributed by atoms with Gasteiger partial charge in [0.2, 0.25) is 5.91 Å². The highest BCUT2D eigenvalue weighted by Crippen LogP contribution is 2.21. The van der Waals surface area contributed by atoms with Crippen LogP contribution >= 0.6 is 11.8 Å². The second kappa shape index (κ2) is 9.43. The van der Waals surface area contributed by atoms with Crippen molar-refractivity contribution in [2.24, 2.45) is 0 Å². The van der Waals surface area contributed by atoms with Crippen molar-refractivity contribution in [2.75, 3.05) is 12.4 Å². The number of amides is 1. The molecule has 0 aliphatic rings. The van der Waals surface area contributed by atoms with Crippen LogP contribution in [0, 0.1) is 13.8 Å². The molecular formula is C22H23N3O3S. The molecule has 0 aliphatic carbocycles. The maximum Gasteiger partial charge on any atom is 0.251 e. The average molecular weight is 410 g/mol. The van der Waals surface area contributed by atoms with E-state index in [1.165, 1.54) is 17.8 Å². The van der Waals surface area contributed by atoms with Crippen LogP contribution in [0.4, 0.5) is 5.69 Å². The number of carbonyl (C=O) groups excluding carboxylic acids is 1. The van der Waals surface area contributed by atoms with Crippen LogP contribution in [0.1, 0.15) is 22.4 Å². The van der Waals surface area contributed by atoms with Gasteiger partial charge in [-0.3, -0.25) is 9.59 Å². The van der Waals surface area contributed by atoms with Gasteiger partial charge in [-0.1, -0.05) is 30.0 Å². The second-order valence-electron chi connectivity index (χ2n) is 6.71. The van der Waals surface area contributed by atoms with Crippen molar-refractivity contribution in [3.63, 3.8) is 0 Å². The van der Waals surface area contributed by atoms with Gasteiger partial charge in [0, 0.05) is 17.5 Å². The van der Waals surface area contributed by atoms with Gasteiger partial charge in [0.05, 0.1) is 19.2 Å². The number of benzene rings is 2. The number of carbonyl (C=O) groups is 1. The van der Waals surface area contributed by atoms with Crippen LogP contribution in [0.25, 0.3) is 0 Å². The maximum absolute atomic E-state index is 12.4. The summed E-state index contributed by atoms with van der Waals surface area (Å²) in [5.74, 6) is 1.19. The van der Waals surface area contributed by atoms with Gasteiger partial charge in [-0.2, -0.15) is 0 Å². The van der Waals surface area contributed by atoms with Crippen LogP contribution in [0.2, 0.25) is 0 Å². The summed E-state index contributed by atoms with van der Waals surface area (Å²) in [4.78, 5) is 31.5. The second-order valence-corrected chi connectivity index (χ2v) is 7.67. The lowest BCUT2D eigenvalue weighted by molar-refractivity contribution is -0.115. The molecule has 29 heavy (non-hydrogen) atoms. The van der Waals surface area contributed by atoms with Gasteiger partial charge < -0.3 is 15.0 Å². The van der Waals surface area contributed by atoms with Crippen LogP contribution < -0.4 is 15.6 Å². The first kappa shape index (κ1) is 20.7. The molecule has 150 valence electrons. The monoisotopic (exact) mass is 409 g/mol. The van der Waals surface area contributed by atoms with E-state index in [9.17, 15) is 9.59 Å². The molecule has 0 saturated carbocycles. The third-order valence-corrected chi connectivity index (χ3v) is 5.36. The lowest BCUT2D eigenvalue weighted by Crippen LogP contribution is -2.18. The van der Waals surface area contributed by atoms with Gasteiger partial charge in [0.25, 0.3) is 5.56 Å². The average Bonchev–Trinajstić information content (AvgIpc) is 2.69. The Morgan fingerprint density at radius 3 is 2.72 bits per heavy atom. The molecule has 0 spiro atoms. The molecule has 7 heteroatoms. The number of hydrogen-bond acceptors (Lipinski definition) is 5. The molecule has 3 aromatic rings. The Morgan fingerprint density at radius 2 is 1.97 bits per heavy atom. The molecule has 1 amide bonds. The predicted octanol–water partition coefficient (Wildman–Crippen LogP) is 3.87. The van der Waals surface area contributed by atoms with Crippen molar-refractivity contribution in [3.05, 3.63) is 81.3 Å². The van der Waals surface area contributed by atoms with E-state index in [-0.39, 0.29) is 17.9 Å². The maximum atomic E-state index is 12.4. The van der Waals surface area contributed by atoms with Crippen LogP contribution in [0.3, 0.4) is 0 Å². The summed E-state index contributed by atoms with van der Waals surface area (Å²) >= 11 is 1.40. The molecule has 0 unspecified atom stereocenters. The first-order valence-corrected chi connectivity index (χ1v) is 10.1. The van der Waals surface area contributed by atoms with Crippen molar-refractivity contribution >= 4 is 23.4 Å². The summed E-state index contributed by atoms with van der Waals surface area (Å²) in [7, 11) is 1.62. The molecule has 1 aromatic heterocycles. The van der Waals surface area contributed by atoms with E-state index in [1.54, 1.807) is 7.11 Å². The molecule has 6 nitrogen and oxygen atoms in total. The van der Waals surface area contributed by atoms with Gasteiger partial charge in [0.1, 0.15) is 5.75 Å². The number of nitrogens with zero attached hydrogens (tertiary/aromatic N) is 1. The number of anilines is 1. The van der Waals surface area contributed by atoms with E-state index in [2.05, 4.69) is 15.3 Å². The summed E-state index contributed by atoms with van der Waals surface area (Å²) in [6, 6.07) is 14.8. The van der Waals surface area contributed by atoms with Gasteiger partial charge in [0.15, 0.2) is 5.16 Å². The number of rotatable bonds is 7. The number of methoxy groups -OCH3 is 1. The van der Waals surface area contributed by atoms with Crippen molar-refractivity contribution in [1.29, 1.82) is 0 Å². The molecule has 0 atom stereocenters. The van der Waals surface area contributed by atoms with Crippen LogP contribution in [0.15, 0.2) is 58.5 Å². The molecule has 0 radical (unpaired) electrons. The number of nitrogens with one attached hydrogen (secondary N) is 2. The van der Waals surface area contributed by atoms with E-state index in [4.69, 9.17) is 4.74 Å². The minimum Gasteiger partial charge on any atom is -0.497 e. The van der Waals surface area contributed by atoms with Crippen LogP contribution in [-0.4, -0.2) is 23.0 Å². The standard InChI is InChI=1S/C22H23N3O3S/c1-14-7-8-17(9-15(14)2)23-20(26)11-18-12-21(27)25-22(24-18)29-13-16-5-4-6-19(10-16)28-3/h4-10,12H,11,13H2,1-3H3,(H,23,26)(H,24,25,27). The molecule has 1 heterocycles. The fourth-order valence-corrected chi connectivity index (χ4v) is 3.58. The summed E-state index contributed by atoms with van der Waals surface area (Å²) in [5.41, 5.74) is 4.21. The Labute approximate surface area is 173 Å². The Kier molecular flexibility index (Phi) is 6.72. The third-order valence-electron chi connectivity index (χ3n) is 4.42. The summed E-state index contributed by atoms with van der Waals surface area (Å²) in [6.07, 6.45) is 0.0313. The first-order valence-electron chi connectivity index (χ1n) is 9.16. The van der Waals surface area contributed by atoms with Gasteiger partial charge in [-0.05, 0) is 54.8 Å². The minimum absolute atomic E-state index is 0.0313. The normalized spacial score (nSPS) is 10.6. The van der Waals surface area contributed by atoms with E-state index in [0.29, 0.717) is 16.6 Å². The molecule has 0 bridgehead atoms. The molecule has 0 saturated heterocycles. The number of thioether (sulfide) groups is 1. The highest BCUT2D eigenvalue weighted by molar-refractivity contribution is 7.98. The molecule has 2 aromatic carbocycles. The lowest BCUT2D eigenvalue weighted by atomic mass is 10.1. The molecule has 0 fully saturated rings. The van der Waals surface area contributed by atoms with Gasteiger partial charge >= 0.3 is 0 Å². The zero-order valence-corrected chi connectivity index (χ0v) is 17.4. The van der Waals surface area contributed by atoms with E-state index in [1.807, 2.05) is 56.3 Å². The number of aromatic amines is 1. The number of H-pyrrole nitrogens is 1. The number of aromatic nitrogens is 2. The molecule has 0 aliphatic heterocycles. The van der Waals surface area contributed by atoms with E-state index >= 15 is 0 Å². The smallest absolute Gasteiger partial charge is 0.251 e. The van der Waals surface area contributed by atoms with E-state index in [0.717, 1.165) is 28.1 Å². The Balaban J connectivity index is 1.65. The fourth-order valence-electron chi connectivity index (χ4n) is 2.75. The van der Waals surface area contributed by atoms with Crippen molar-refractivity contribution in [3.8, 4) is 5.75 Å². The van der Waals surface area contributed by atoms with Crippen LogP contribution in [-0.2, 0) is 17.0 Å². The topological polar surface area (TPSA) is 84.1 Å². The first-order chi connectivity index (χ1) is 13.9. The molecule has 2 N–H and O–H groups in total. The highest BCUT2D eigenvalue weighted by Gasteiger charge is 2.09. The van der Waals surface area contributed by atoms with Crippen molar-refractivity contribution in [2.45, 2.75) is 31.2 Å². The zero-order valence-electron chi connectivity index (χ0n) is 16.6. The lowest BCUT2D eigenvalue weighted by Gasteiger charge is -2.08. The fraction of sp³-hybridized carbons (Fsp3) is 0.227. The quantitative estimate of drug-likeness (QED) is 0.457. The SMILES string of the molecule is COc1cccc(CSc2nc(CC(=O)Nc3ccc(C)c(C)c3)cc(=O)[nH]2)c1. The summed E-state index contributed by atoms with van der Waals surface area (Å²) in [6.45, 7) is 4.01. The summed E-state index contributed by atoms with van der Waals surface area (Å²) < 4.78 is 5.22. The summed E-state index contributed by atoms with van der Waals surface area (Å²) in [5, 5.41) is 3.34. The number of aryl methyl sites for hydroxylation is 2. The third kappa shape index (κ3) is 5.96. The number of hydrogen-bond donors (Lipinski definition) is 2. The number of ether oxygens (including phenoxy) is 1. The Bertz CT molecular complexity index is 1080. The van der Waals surface area contributed by atoms with Crippen LogP contribution in [0.5, 0.6) is 5.75 Å². The molecular weight excluding hydrogens is 386 g/mol. The van der Waals surface area contributed by atoms with E-state index < -0.39 is 0 Å². The van der Waals surface area contributed by atoms with Crippen molar-refractivity contribution in [1.82, 2.24) is 9.97 Å². The zero-order chi connectivity index (χ0) is 20.8. The highest BCUT2D eigenvalue weighted by atomic mass is 32.2. The molecule has 3 rings (SSSR count). The van der Waals surface area contributed by atoms with Crippen molar-refractivity contribution < 1.29 is 9.53 Å². The Morgan fingerprint density at radius 1 is 1.14 bits per heavy atom. The largest absolute Gasteiger partial charge is 0.497 e. The predicted molar refractivity (Wildman–Crippen MR) is 116 cm³/mol. The van der Waals surface area contributed by atoms with Gasteiger partial charge in [-0.15, -0.1) is 0 Å².